The lowest BCUT2D eigenvalue weighted by Crippen LogP contribution is -2.45. The second-order valence-corrected chi connectivity index (χ2v) is 4.91. The second kappa shape index (κ2) is 6.39. The molecule has 2 amide bonds. The van der Waals surface area contributed by atoms with E-state index in [0.29, 0.717) is 11.3 Å². The van der Waals surface area contributed by atoms with E-state index in [2.05, 4.69) is 22.9 Å². The number of primary amides is 1. The van der Waals surface area contributed by atoms with Gasteiger partial charge in [0, 0.05) is 11.1 Å². The van der Waals surface area contributed by atoms with Crippen molar-refractivity contribution in [3.05, 3.63) is 24.0 Å². The summed E-state index contributed by atoms with van der Waals surface area (Å²) in [5.41, 5.74) is 5.45. The molecule has 0 aliphatic rings. The Morgan fingerprint density at radius 2 is 2.17 bits per heavy atom. The molecule has 18 heavy (non-hydrogen) atoms. The van der Waals surface area contributed by atoms with Crippen molar-refractivity contribution >= 4 is 24.4 Å². The predicted octanol–water partition coefficient (Wildman–Crippen LogP) is 1.00. The zero-order chi connectivity index (χ0) is 13.7. The van der Waals surface area contributed by atoms with Crippen molar-refractivity contribution in [2.45, 2.75) is 31.2 Å². The van der Waals surface area contributed by atoms with Crippen molar-refractivity contribution in [1.82, 2.24) is 10.3 Å². The number of thiol groups is 1. The molecule has 0 spiro atoms. The molecule has 1 aromatic heterocycles. The highest BCUT2D eigenvalue weighted by molar-refractivity contribution is 7.80. The molecule has 0 bridgehead atoms. The normalized spacial score (nSPS) is 12.2. The Hall–Kier alpha value is -1.56. The Labute approximate surface area is 112 Å². The number of nitrogens with one attached hydrogen (secondary N) is 1. The topological polar surface area (TPSA) is 85.1 Å². The van der Waals surface area contributed by atoms with Gasteiger partial charge < -0.3 is 11.1 Å². The number of nitrogens with zero attached hydrogens (tertiary/aromatic N) is 1. The maximum absolute atomic E-state index is 11.9. The Morgan fingerprint density at radius 3 is 2.67 bits per heavy atom. The van der Waals surface area contributed by atoms with Crippen molar-refractivity contribution in [2.75, 3.05) is 0 Å². The predicted molar refractivity (Wildman–Crippen MR) is 71.4 cm³/mol. The average molecular weight is 267 g/mol. The van der Waals surface area contributed by atoms with Crippen LogP contribution in [0.2, 0.25) is 0 Å². The van der Waals surface area contributed by atoms with Crippen molar-refractivity contribution in [2.24, 2.45) is 11.7 Å². The summed E-state index contributed by atoms with van der Waals surface area (Å²) in [6.07, 6.45) is 1.99. The molecule has 0 saturated heterocycles. The molecule has 1 heterocycles. The fraction of sp³-hybridized carbons (Fsp3) is 0.417. The maximum Gasteiger partial charge on any atom is 0.271 e. The molecule has 0 unspecified atom stereocenters. The fourth-order valence-electron chi connectivity index (χ4n) is 1.52. The lowest BCUT2D eigenvalue weighted by molar-refractivity contribution is -0.120. The minimum Gasteiger partial charge on any atom is -0.368 e. The van der Waals surface area contributed by atoms with Gasteiger partial charge in [-0.3, -0.25) is 9.59 Å². The van der Waals surface area contributed by atoms with Crippen LogP contribution in [0.15, 0.2) is 23.2 Å². The summed E-state index contributed by atoms with van der Waals surface area (Å²) in [5, 5.41) is 2.58. The minimum atomic E-state index is -0.688. The van der Waals surface area contributed by atoms with Crippen LogP contribution in [0, 0.1) is 5.92 Å². The molecule has 6 heteroatoms. The van der Waals surface area contributed by atoms with Gasteiger partial charge in [-0.25, -0.2) is 4.98 Å². The number of carbonyl (C=O) groups is 2. The zero-order valence-electron chi connectivity index (χ0n) is 10.4. The molecule has 1 atom stereocenters. The summed E-state index contributed by atoms with van der Waals surface area (Å²) in [6.45, 7) is 3.90. The molecule has 0 radical (unpaired) electrons. The van der Waals surface area contributed by atoms with E-state index in [1.54, 1.807) is 12.1 Å². The van der Waals surface area contributed by atoms with Gasteiger partial charge in [-0.1, -0.05) is 13.8 Å². The number of carbonyl (C=O) groups excluding carboxylic acids is 2. The number of aromatic nitrogens is 1. The Bertz CT molecular complexity index is 449. The zero-order valence-corrected chi connectivity index (χ0v) is 11.3. The van der Waals surface area contributed by atoms with Crippen molar-refractivity contribution < 1.29 is 9.59 Å². The van der Waals surface area contributed by atoms with Gasteiger partial charge in [0.1, 0.15) is 11.7 Å². The van der Waals surface area contributed by atoms with E-state index in [9.17, 15) is 9.59 Å². The first-order valence-electron chi connectivity index (χ1n) is 5.66. The van der Waals surface area contributed by atoms with Gasteiger partial charge in [0.2, 0.25) is 5.91 Å². The summed E-state index contributed by atoms with van der Waals surface area (Å²) in [6, 6.07) is 2.65. The van der Waals surface area contributed by atoms with Crippen molar-refractivity contribution in [1.29, 1.82) is 0 Å². The lowest BCUT2D eigenvalue weighted by Gasteiger charge is -2.17. The first-order valence-corrected chi connectivity index (χ1v) is 6.10. The number of pyridine rings is 1. The van der Waals surface area contributed by atoms with Gasteiger partial charge in [-0.2, -0.15) is 0 Å². The van der Waals surface area contributed by atoms with Crippen LogP contribution in [-0.2, 0) is 4.79 Å². The first kappa shape index (κ1) is 14.5. The van der Waals surface area contributed by atoms with Crippen LogP contribution in [0.4, 0.5) is 0 Å². The lowest BCUT2D eigenvalue weighted by atomic mass is 10.0. The van der Waals surface area contributed by atoms with E-state index in [-0.39, 0.29) is 11.6 Å². The molecule has 0 aromatic carbocycles. The van der Waals surface area contributed by atoms with Crippen LogP contribution in [-0.4, -0.2) is 22.8 Å². The Kier molecular flexibility index (Phi) is 5.15. The molecule has 1 rings (SSSR count). The largest absolute Gasteiger partial charge is 0.368 e. The van der Waals surface area contributed by atoms with E-state index < -0.39 is 17.9 Å². The van der Waals surface area contributed by atoms with Gasteiger partial charge in [0.25, 0.3) is 5.91 Å². The monoisotopic (exact) mass is 267 g/mol. The summed E-state index contributed by atoms with van der Waals surface area (Å²) in [5.74, 6) is -0.735. The van der Waals surface area contributed by atoms with Gasteiger partial charge in [0.15, 0.2) is 0 Å². The standard InChI is InChI=1S/C12H17N3O2S/c1-7(2)6-8(11(13)16)15-12(17)10-9(18)4-3-5-14-10/h3-5,7-8,18H,6H2,1-2H3,(H2,13,16)(H,15,17)/t8-/m0/s1. The average Bonchev–Trinajstić information content (AvgIpc) is 2.27. The minimum absolute atomic E-state index is 0.191. The fourth-order valence-corrected chi connectivity index (χ4v) is 1.76. The van der Waals surface area contributed by atoms with Crippen LogP contribution in [0.5, 0.6) is 0 Å². The molecule has 3 N–H and O–H groups in total. The Morgan fingerprint density at radius 1 is 1.50 bits per heavy atom. The summed E-state index contributed by atoms with van der Waals surface area (Å²) in [7, 11) is 0. The molecule has 0 aliphatic carbocycles. The van der Waals surface area contributed by atoms with Crippen molar-refractivity contribution in [3.63, 3.8) is 0 Å². The third-order valence-electron chi connectivity index (χ3n) is 2.36. The van der Waals surface area contributed by atoms with Gasteiger partial charge in [-0.15, -0.1) is 12.6 Å². The molecule has 98 valence electrons. The van der Waals surface area contributed by atoms with Gasteiger partial charge >= 0.3 is 0 Å². The van der Waals surface area contributed by atoms with Crippen LogP contribution in [0.1, 0.15) is 30.8 Å². The Balaban J connectivity index is 2.79. The van der Waals surface area contributed by atoms with E-state index >= 15 is 0 Å². The molecule has 5 nitrogen and oxygen atoms in total. The number of hydrogen-bond donors (Lipinski definition) is 3. The molecule has 0 fully saturated rings. The third-order valence-corrected chi connectivity index (χ3v) is 2.72. The van der Waals surface area contributed by atoms with Crippen molar-refractivity contribution in [3.8, 4) is 0 Å². The van der Waals surface area contributed by atoms with Crippen LogP contribution >= 0.6 is 12.6 Å². The molecule has 0 aliphatic heterocycles. The van der Waals surface area contributed by atoms with Crippen LogP contribution in [0.25, 0.3) is 0 Å². The summed E-state index contributed by atoms with van der Waals surface area (Å²) in [4.78, 5) is 27.6. The van der Waals surface area contributed by atoms with E-state index in [1.165, 1.54) is 6.20 Å². The maximum atomic E-state index is 11.9. The van der Waals surface area contributed by atoms with Gasteiger partial charge in [0.05, 0.1) is 0 Å². The molecular formula is C12H17N3O2S. The van der Waals surface area contributed by atoms with E-state index in [0.717, 1.165) is 0 Å². The highest BCUT2D eigenvalue weighted by Gasteiger charge is 2.21. The smallest absolute Gasteiger partial charge is 0.271 e. The highest BCUT2D eigenvalue weighted by Crippen LogP contribution is 2.11. The first-order chi connectivity index (χ1) is 8.41. The summed E-state index contributed by atoms with van der Waals surface area (Å²) >= 11 is 4.14. The highest BCUT2D eigenvalue weighted by atomic mass is 32.1. The number of nitrogens with two attached hydrogens (primary N) is 1. The third kappa shape index (κ3) is 4.03. The van der Waals surface area contributed by atoms with E-state index in [4.69, 9.17) is 5.73 Å². The van der Waals surface area contributed by atoms with Crippen LogP contribution in [0.3, 0.4) is 0 Å². The van der Waals surface area contributed by atoms with Gasteiger partial charge in [-0.05, 0) is 24.5 Å². The van der Waals surface area contributed by atoms with Crippen LogP contribution < -0.4 is 11.1 Å². The number of amides is 2. The molecular weight excluding hydrogens is 250 g/mol. The summed E-state index contributed by atoms with van der Waals surface area (Å²) < 4.78 is 0. The number of hydrogen-bond acceptors (Lipinski definition) is 4. The molecule has 0 saturated carbocycles. The van der Waals surface area contributed by atoms with E-state index in [1.807, 2.05) is 13.8 Å². The quantitative estimate of drug-likeness (QED) is 0.696. The number of rotatable bonds is 5. The molecule has 1 aromatic rings. The second-order valence-electron chi connectivity index (χ2n) is 4.43. The SMILES string of the molecule is CC(C)C[C@H](NC(=O)c1ncccc1S)C(N)=O.